The van der Waals surface area contributed by atoms with Gasteiger partial charge in [-0.15, -0.1) is 0 Å². The van der Waals surface area contributed by atoms with Crippen LogP contribution in [0.15, 0.2) is 4.52 Å². The van der Waals surface area contributed by atoms with E-state index >= 15 is 0 Å². The number of aliphatic hydroxyl groups excluding tert-OH is 1. The van der Waals surface area contributed by atoms with Crippen molar-refractivity contribution < 1.29 is 14.4 Å². The first-order valence-corrected chi connectivity index (χ1v) is 10.2. The van der Waals surface area contributed by atoms with Crippen molar-refractivity contribution in [2.75, 3.05) is 59.5 Å². The Labute approximate surface area is 162 Å². The number of amides is 1. The summed E-state index contributed by atoms with van der Waals surface area (Å²) in [6, 6.07) is 0. The number of nitrogens with zero attached hydrogens (tertiary/aromatic N) is 4. The SMILES string of the molecule is Cc1noc(C)c1CCC(=O)N1C[C@@H](CN2CCCN(C)CC2)[C@@H](CO)C1. The second-order valence-electron chi connectivity index (χ2n) is 8.26. The van der Waals surface area contributed by atoms with E-state index in [2.05, 4.69) is 22.0 Å². The highest BCUT2D eigenvalue weighted by molar-refractivity contribution is 5.76. The van der Waals surface area contributed by atoms with Crippen molar-refractivity contribution in [1.29, 1.82) is 0 Å². The van der Waals surface area contributed by atoms with Crippen LogP contribution in [0.25, 0.3) is 0 Å². The van der Waals surface area contributed by atoms with E-state index in [1.807, 2.05) is 18.7 Å². The fourth-order valence-corrected chi connectivity index (χ4v) is 4.42. The Morgan fingerprint density at radius 2 is 1.96 bits per heavy atom. The lowest BCUT2D eigenvalue weighted by Gasteiger charge is -2.26. The van der Waals surface area contributed by atoms with Gasteiger partial charge in [0.2, 0.25) is 5.91 Å². The summed E-state index contributed by atoms with van der Waals surface area (Å²) >= 11 is 0. The molecule has 0 spiro atoms. The van der Waals surface area contributed by atoms with Gasteiger partial charge >= 0.3 is 0 Å². The predicted molar refractivity (Wildman–Crippen MR) is 103 cm³/mol. The molecule has 7 nitrogen and oxygen atoms in total. The molecule has 0 aromatic carbocycles. The van der Waals surface area contributed by atoms with Crippen molar-refractivity contribution in [1.82, 2.24) is 19.9 Å². The van der Waals surface area contributed by atoms with Crippen molar-refractivity contribution in [2.24, 2.45) is 11.8 Å². The fraction of sp³-hybridized carbons (Fsp3) is 0.800. The van der Waals surface area contributed by atoms with Gasteiger partial charge in [0.1, 0.15) is 5.76 Å². The smallest absolute Gasteiger partial charge is 0.222 e. The first-order chi connectivity index (χ1) is 13.0. The monoisotopic (exact) mass is 378 g/mol. The average molecular weight is 379 g/mol. The minimum atomic E-state index is 0.159. The van der Waals surface area contributed by atoms with Gasteiger partial charge in [0.15, 0.2) is 0 Å². The van der Waals surface area contributed by atoms with Gasteiger partial charge in [-0.1, -0.05) is 5.16 Å². The van der Waals surface area contributed by atoms with E-state index in [1.54, 1.807) is 0 Å². The molecule has 7 heteroatoms. The molecule has 2 saturated heterocycles. The minimum absolute atomic E-state index is 0.159. The largest absolute Gasteiger partial charge is 0.396 e. The Balaban J connectivity index is 1.52. The first kappa shape index (κ1) is 20.3. The van der Waals surface area contributed by atoms with E-state index in [9.17, 15) is 9.90 Å². The Bertz CT molecular complexity index is 613. The molecule has 152 valence electrons. The van der Waals surface area contributed by atoms with Crippen LogP contribution in [0.2, 0.25) is 0 Å². The van der Waals surface area contributed by atoms with Gasteiger partial charge in [0.05, 0.1) is 5.69 Å². The van der Waals surface area contributed by atoms with Crippen LogP contribution in [0.1, 0.15) is 29.9 Å². The van der Waals surface area contributed by atoms with E-state index in [0.29, 0.717) is 25.3 Å². The molecule has 0 aliphatic carbocycles. The van der Waals surface area contributed by atoms with Crippen LogP contribution in [0.3, 0.4) is 0 Å². The van der Waals surface area contributed by atoms with Crippen molar-refractivity contribution in [2.45, 2.75) is 33.1 Å². The number of likely N-dealkylation sites (tertiary alicyclic amines) is 1. The molecular weight excluding hydrogens is 344 g/mol. The topological polar surface area (TPSA) is 73.1 Å². The van der Waals surface area contributed by atoms with Gasteiger partial charge in [-0.05, 0) is 52.7 Å². The lowest BCUT2D eigenvalue weighted by molar-refractivity contribution is -0.130. The lowest BCUT2D eigenvalue weighted by atomic mass is 9.96. The number of carbonyl (C=O) groups excluding carboxylic acids is 1. The molecule has 2 fully saturated rings. The molecule has 2 aliphatic rings. The molecule has 27 heavy (non-hydrogen) atoms. The standard InChI is InChI=1S/C20H34N4O3/c1-15-19(16(2)27-21-15)5-6-20(26)24-12-17(18(13-24)14-25)11-23-8-4-7-22(3)9-10-23/h17-18,25H,4-14H2,1-3H3/t17-,18-/m1/s1. The van der Waals surface area contributed by atoms with Crippen LogP contribution >= 0.6 is 0 Å². The number of likely N-dealkylation sites (N-methyl/N-ethyl adjacent to an activating group) is 1. The second kappa shape index (κ2) is 9.17. The minimum Gasteiger partial charge on any atom is -0.396 e. The second-order valence-corrected chi connectivity index (χ2v) is 8.26. The maximum absolute atomic E-state index is 12.7. The lowest BCUT2D eigenvalue weighted by Crippen LogP contribution is -2.36. The molecule has 1 aromatic heterocycles. The zero-order chi connectivity index (χ0) is 19.4. The van der Waals surface area contributed by atoms with Crippen LogP contribution in [0.5, 0.6) is 0 Å². The van der Waals surface area contributed by atoms with E-state index in [4.69, 9.17) is 4.52 Å². The summed E-state index contributed by atoms with van der Waals surface area (Å²) in [5.41, 5.74) is 1.92. The molecule has 0 bridgehead atoms. The van der Waals surface area contributed by atoms with Crippen LogP contribution in [-0.4, -0.2) is 90.3 Å². The number of aromatic nitrogens is 1. The van der Waals surface area contributed by atoms with Crippen molar-refractivity contribution in [3.05, 3.63) is 17.0 Å². The third-order valence-corrected chi connectivity index (χ3v) is 6.24. The highest BCUT2D eigenvalue weighted by Gasteiger charge is 2.35. The van der Waals surface area contributed by atoms with Crippen LogP contribution in [0.4, 0.5) is 0 Å². The molecule has 3 rings (SSSR count). The number of aliphatic hydroxyl groups is 1. The van der Waals surface area contributed by atoms with Crippen molar-refractivity contribution in [3.8, 4) is 0 Å². The molecule has 0 radical (unpaired) electrons. The van der Waals surface area contributed by atoms with Gasteiger partial charge in [-0.2, -0.15) is 0 Å². The molecular formula is C20H34N4O3. The van der Waals surface area contributed by atoms with Gasteiger partial charge in [0, 0.05) is 57.2 Å². The highest BCUT2D eigenvalue weighted by Crippen LogP contribution is 2.26. The van der Waals surface area contributed by atoms with E-state index < -0.39 is 0 Å². The van der Waals surface area contributed by atoms with Gasteiger partial charge in [-0.3, -0.25) is 4.79 Å². The Kier molecular flexibility index (Phi) is 6.89. The molecule has 1 amide bonds. The quantitative estimate of drug-likeness (QED) is 0.794. The number of aryl methyl sites for hydroxylation is 2. The van der Waals surface area contributed by atoms with Crippen LogP contribution in [0, 0.1) is 25.7 Å². The summed E-state index contributed by atoms with van der Waals surface area (Å²) in [4.78, 5) is 19.6. The molecule has 0 saturated carbocycles. The predicted octanol–water partition coefficient (Wildman–Crippen LogP) is 0.928. The summed E-state index contributed by atoms with van der Waals surface area (Å²) in [5, 5.41) is 13.8. The Morgan fingerprint density at radius 3 is 2.67 bits per heavy atom. The zero-order valence-corrected chi connectivity index (χ0v) is 17.0. The number of hydrogen-bond donors (Lipinski definition) is 1. The van der Waals surface area contributed by atoms with Crippen molar-refractivity contribution >= 4 is 5.91 Å². The normalized spacial score (nSPS) is 25.1. The fourth-order valence-electron chi connectivity index (χ4n) is 4.42. The first-order valence-electron chi connectivity index (χ1n) is 10.2. The van der Waals surface area contributed by atoms with Gasteiger partial charge < -0.3 is 24.3 Å². The molecule has 2 atom stereocenters. The number of hydrogen-bond acceptors (Lipinski definition) is 6. The van der Waals surface area contributed by atoms with E-state index in [-0.39, 0.29) is 18.4 Å². The molecule has 1 aromatic rings. The Morgan fingerprint density at radius 1 is 1.19 bits per heavy atom. The summed E-state index contributed by atoms with van der Waals surface area (Å²) in [5.74, 6) is 1.53. The molecule has 2 aliphatic heterocycles. The van der Waals surface area contributed by atoms with Crippen LogP contribution < -0.4 is 0 Å². The summed E-state index contributed by atoms with van der Waals surface area (Å²) in [6.07, 6.45) is 2.33. The number of rotatable bonds is 6. The highest BCUT2D eigenvalue weighted by atomic mass is 16.5. The summed E-state index contributed by atoms with van der Waals surface area (Å²) in [7, 11) is 2.18. The molecule has 0 unspecified atom stereocenters. The molecule has 1 N–H and O–H groups in total. The number of carbonyl (C=O) groups is 1. The Hall–Kier alpha value is -1.44. The zero-order valence-electron chi connectivity index (χ0n) is 17.0. The van der Waals surface area contributed by atoms with Crippen LogP contribution in [-0.2, 0) is 11.2 Å². The maximum Gasteiger partial charge on any atom is 0.222 e. The summed E-state index contributed by atoms with van der Waals surface area (Å²) < 4.78 is 5.19. The maximum atomic E-state index is 12.7. The van der Waals surface area contributed by atoms with Gasteiger partial charge in [0.25, 0.3) is 0 Å². The van der Waals surface area contributed by atoms with E-state index in [0.717, 1.165) is 56.3 Å². The average Bonchev–Trinajstić information content (AvgIpc) is 3.13. The third kappa shape index (κ3) is 5.09. The third-order valence-electron chi connectivity index (χ3n) is 6.24. The van der Waals surface area contributed by atoms with Crippen molar-refractivity contribution in [3.63, 3.8) is 0 Å². The summed E-state index contributed by atoms with van der Waals surface area (Å²) in [6.45, 7) is 10.8. The molecule has 3 heterocycles. The van der Waals surface area contributed by atoms with Gasteiger partial charge in [-0.25, -0.2) is 0 Å². The van der Waals surface area contributed by atoms with E-state index in [1.165, 1.54) is 6.42 Å².